The van der Waals surface area contributed by atoms with Gasteiger partial charge >= 0.3 is 0 Å². The van der Waals surface area contributed by atoms with Crippen LogP contribution in [0.2, 0.25) is 0 Å². The molecule has 4 nitrogen and oxygen atoms in total. The standard InChI is InChI=1S/C17H26N2O2/c1-13-5-3-6-14(2)16(13)17(20)19-9-4-12-21-15-7-10-18-11-8-15/h3,5-6,15,18H,4,7-12H2,1-2H3,(H,19,20). The molecule has 0 saturated carbocycles. The summed E-state index contributed by atoms with van der Waals surface area (Å²) in [5.41, 5.74) is 2.86. The van der Waals surface area contributed by atoms with Crippen molar-refractivity contribution in [3.8, 4) is 0 Å². The lowest BCUT2D eigenvalue weighted by Crippen LogP contribution is -2.33. The summed E-state index contributed by atoms with van der Waals surface area (Å²) in [6, 6.07) is 5.93. The van der Waals surface area contributed by atoms with Gasteiger partial charge in [0.1, 0.15) is 0 Å². The van der Waals surface area contributed by atoms with Crippen LogP contribution in [0, 0.1) is 13.8 Å². The van der Waals surface area contributed by atoms with Crippen LogP contribution in [0.15, 0.2) is 18.2 Å². The predicted octanol–water partition coefficient (Wildman–Crippen LogP) is 2.19. The number of nitrogens with one attached hydrogen (secondary N) is 2. The fourth-order valence-corrected chi connectivity index (χ4v) is 2.75. The fraction of sp³-hybridized carbons (Fsp3) is 0.588. The van der Waals surface area contributed by atoms with E-state index in [1.165, 1.54) is 0 Å². The van der Waals surface area contributed by atoms with Crippen LogP contribution in [0.5, 0.6) is 0 Å². The second-order valence-corrected chi connectivity index (χ2v) is 5.70. The maximum absolute atomic E-state index is 12.2. The molecule has 0 bridgehead atoms. The summed E-state index contributed by atoms with van der Waals surface area (Å²) in [6.45, 7) is 7.43. The summed E-state index contributed by atoms with van der Waals surface area (Å²) < 4.78 is 5.83. The summed E-state index contributed by atoms with van der Waals surface area (Å²) in [5.74, 6) is 0.0208. The third-order valence-electron chi connectivity index (χ3n) is 3.95. The lowest BCUT2D eigenvalue weighted by Gasteiger charge is -2.22. The first kappa shape index (κ1) is 16.0. The van der Waals surface area contributed by atoms with Crippen molar-refractivity contribution in [3.05, 3.63) is 34.9 Å². The second-order valence-electron chi connectivity index (χ2n) is 5.70. The van der Waals surface area contributed by atoms with Crippen molar-refractivity contribution in [3.63, 3.8) is 0 Å². The number of piperidine rings is 1. The first-order valence-electron chi connectivity index (χ1n) is 7.85. The SMILES string of the molecule is Cc1cccc(C)c1C(=O)NCCCOC1CCNCC1. The van der Waals surface area contributed by atoms with Crippen LogP contribution in [0.25, 0.3) is 0 Å². The third kappa shape index (κ3) is 4.83. The molecule has 2 N–H and O–H groups in total. The molecule has 1 amide bonds. The zero-order valence-electron chi connectivity index (χ0n) is 13.1. The van der Waals surface area contributed by atoms with Crippen LogP contribution in [0.4, 0.5) is 0 Å². The van der Waals surface area contributed by atoms with Gasteiger partial charge in [-0.3, -0.25) is 4.79 Å². The number of amides is 1. The van der Waals surface area contributed by atoms with Crippen LogP contribution in [-0.2, 0) is 4.74 Å². The van der Waals surface area contributed by atoms with Crippen molar-refractivity contribution < 1.29 is 9.53 Å². The highest BCUT2D eigenvalue weighted by Gasteiger charge is 2.13. The molecule has 1 saturated heterocycles. The number of carbonyl (C=O) groups excluding carboxylic acids is 1. The van der Waals surface area contributed by atoms with E-state index in [-0.39, 0.29) is 5.91 Å². The molecular weight excluding hydrogens is 264 g/mol. The van der Waals surface area contributed by atoms with Crippen LogP contribution in [0.3, 0.4) is 0 Å². The molecule has 21 heavy (non-hydrogen) atoms. The molecule has 0 aliphatic carbocycles. The number of hydrogen-bond acceptors (Lipinski definition) is 3. The highest BCUT2D eigenvalue weighted by molar-refractivity contribution is 5.96. The predicted molar refractivity (Wildman–Crippen MR) is 84.7 cm³/mol. The number of carbonyl (C=O) groups is 1. The lowest BCUT2D eigenvalue weighted by atomic mass is 10.0. The molecule has 1 aliphatic heterocycles. The van der Waals surface area contributed by atoms with E-state index in [0.29, 0.717) is 12.6 Å². The molecule has 0 aromatic heterocycles. The highest BCUT2D eigenvalue weighted by atomic mass is 16.5. The number of hydrogen-bond donors (Lipinski definition) is 2. The van der Waals surface area contributed by atoms with Crippen molar-refractivity contribution in [2.45, 2.75) is 39.2 Å². The monoisotopic (exact) mass is 290 g/mol. The topological polar surface area (TPSA) is 50.4 Å². The van der Waals surface area contributed by atoms with Gasteiger partial charge in [0, 0.05) is 18.7 Å². The smallest absolute Gasteiger partial charge is 0.251 e. The van der Waals surface area contributed by atoms with Gasteiger partial charge in [0.2, 0.25) is 0 Å². The van der Waals surface area contributed by atoms with Crippen molar-refractivity contribution >= 4 is 5.91 Å². The maximum Gasteiger partial charge on any atom is 0.251 e. The van der Waals surface area contributed by atoms with E-state index >= 15 is 0 Å². The highest BCUT2D eigenvalue weighted by Crippen LogP contribution is 2.13. The average Bonchev–Trinajstić information content (AvgIpc) is 2.48. The van der Waals surface area contributed by atoms with Crippen molar-refractivity contribution in [2.24, 2.45) is 0 Å². The zero-order valence-corrected chi connectivity index (χ0v) is 13.1. The molecule has 1 heterocycles. The molecule has 116 valence electrons. The van der Waals surface area contributed by atoms with Crippen molar-refractivity contribution in [2.75, 3.05) is 26.2 Å². The molecule has 0 radical (unpaired) electrons. The minimum atomic E-state index is 0.0208. The van der Waals surface area contributed by atoms with E-state index in [0.717, 1.165) is 55.6 Å². The fourth-order valence-electron chi connectivity index (χ4n) is 2.75. The van der Waals surface area contributed by atoms with Crippen molar-refractivity contribution in [1.82, 2.24) is 10.6 Å². The Bertz CT molecular complexity index is 448. The molecule has 0 atom stereocenters. The Labute approximate surface area is 127 Å². The summed E-state index contributed by atoms with van der Waals surface area (Å²) in [6.07, 6.45) is 3.44. The van der Waals surface area contributed by atoms with Gasteiger partial charge in [0.05, 0.1) is 6.10 Å². The largest absolute Gasteiger partial charge is 0.378 e. The lowest BCUT2D eigenvalue weighted by molar-refractivity contribution is 0.0318. The van der Waals surface area contributed by atoms with Gasteiger partial charge < -0.3 is 15.4 Å². The quantitative estimate of drug-likeness (QED) is 0.790. The van der Waals surface area contributed by atoms with Crippen LogP contribution >= 0.6 is 0 Å². The minimum absolute atomic E-state index is 0.0208. The Morgan fingerprint density at radius 1 is 1.29 bits per heavy atom. The Morgan fingerprint density at radius 2 is 1.95 bits per heavy atom. The number of benzene rings is 1. The molecule has 4 heteroatoms. The second kappa shape index (κ2) is 8.15. The molecule has 1 fully saturated rings. The first-order valence-corrected chi connectivity index (χ1v) is 7.85. The van der Waals surface area contributed by atoms with Gasteiger partial charge in [0.25, 0.3) is 5.91 Å². The minimum Gasteiger partial charge on any atom is -0.378 e. The third-order valence-corrected chi connectivity index (χ3v) is 3.95. The normalized spacial score (nSPS) is 15.9. The summed E-state index contributed by atoms with van der Waals surface area (Å²) in [4.78, 5) is 12.2. The van der Waals surface area contributed by atoms with Gasteiger partial charge in [-0.1, -0.05) is 18.2 Å². The average molecular weight is 290 g/mol. The van der Waals surface area contributed by atoms with E-state index in [2.05, 4.69) is 10.6 Å². The summed E-state index contributed by atoms with van der Waals surface area (Å²) >= 11 is 0. The van der Waals surface area contributed by atoms with Crippen LogP contribution < -0.4 is 10.6 Å². The Balaban J connectivity index is 1.67. The van der Waals surface area contributed by atoms with Gasteiger partial charge in [-0.25, -0.2) is 0 Å². The Kier molecular flexibility index (Phi) is 6.21. The van der Waals surface area contributed by atoms with E-state index in [9.17, 15) is 4.79 Å². The number of ether oxygens (including phenoxy) is 1. The van der Waals surface area contributed by atoms with E-state index in [1.54, 1.807) is 0 Å². The van der Waals surface area contributed by atoms with Gasteiger partial charge in [0.15, 0.2) is 0 Å². The zero-order chi connectivity index (χ0) is 15.1. The number of rotatable bonds is 6. The molecule has 1 aliphatic rings. The van der Waals surface area contributed by atoms with E-state index in [1.807, 2.05) is 32.0 Å². The van der Waals surface area contributed by atoms with Gasteiger partial charge in [-0.2, -0.15) is 0 Å². The van der Waals surface area contributed by atoms with Crippen LogP contribution in [0.1, 0.15) is 40.7 Å². The Hall–Kier alpha value is -1.39. The molecule has 2 rings (SSSR count). The molecule has 1 aromatic carbocycles. The van der Waals surface area contributed by atoms with E-state index in [4.69, 9.17) is 4.74 Å². The van der Waals surface area contributed by atoms with Gasteiger partial charge in [-0.15, -0.1) is 0 Å². The van der Waals surface area contributed by atoms with Crippen molar-refractivity contribution in [1.29, 1.82) is 0 Å². The summed E-state index contributed by atoms with van der Waals surface area (Å²) in [7, 11) is 0. The number of aryl methyl sites for hydroxylation is 2. The molecule has 1 aromatic rings. The van der Waals surface area contributed by atoms with Gasteiger partial charge in [-0.05, 0) is 57.3 Å². The maximum atomic E-state index is 12.2. The molecular formula is C17H26N2O2. The van der Waals surface area contributed by atoms with E-state index < -0.39 is 0 Å². The molecule has 0 spiro atoms. The summed E-state index contributed by atoms with van der Waals surface area (Å²) in [5, 5.41) is 6.31. The molecule has 0 unspecified atom stereocenters. The van der Waals surface area contributed by atoms with Crippen LogP contribution in [-0.4, -0.2) is 38.3 Å². The first-order chi connectivity index (χ1) is 10.2. The Morgan fingerprint density at radius 3 is 2.62 bits per heavy atom.